The Balaban J connectivity index is 1.52. The topological polar surface area (TPSA) is 78.8 Å². The number of fused-ring (bicyclic) bond motifs is 1. The van der Waals surface area contributed by atoms with Crippen molar-refractivity contribution in [1.29, 1.82) is 0 Å². The van der Waals surface area contributed by atoms with Gasteiger partial charge < -0.3 is 23.9 Å². The van der Waals surface area contributed by atoms with Gasteiger partial charge in [-0.15, -0.1) is 0 Å². The Bertz CT molecular complexity index is 1270. The van der Waals surface area contributed by atoms with Gasteiger partial charge in [-0.3, -0.25) is 9.59 Å². The minimum Gasteiger partial charge on any atom is -0.459 e. The van der Waals surface area contributed by atoms with E-state index in [1.54, 1.807) is 24.1 Å². The molecule has 2 amide bonds. The first-order valence-electron chi connectivity index (χ1n) is 11.9. The highest BCUT2D eigenvalue weighted by Gasteiger charge is 2.24. The second-order valence-electron chi connectivity index (χ2n) is 8.60. The smallest absolute Gasteiger partial charge is 0.290 e. The van der Waals surface area contributed by atoms with Crippen LogP contribution in [0.5, 0.6) is 0 Å². The first kappa shape index (κ1) is 25.5. The van der Waals surface area contributed by atoms with Gasteiger partial charge in [0.2, 0.25) is 5.91 Å². The van der Waals surface area contributed by atoms with E-state index in [0.29, 0.717) is 44.1 Å². The van der Waals surface area contributed by atoms with E-state index in [1.807, 2.05) is 48.7 Å². The molecule has 0 aliphatic rings. The van der Waals surface area contributed by atoms with Crippen LogP contribution in [0, 0.1) is 0 Å². The lowest BCUT2D eigenvalue weighted by Crippen LogP contribution is -2.43. The second-order valence-corrected chi connectivity index (χ2v) is 9.04. The van der Waals surface area contributed by atoms with Gasteiger partial charge in [0.15, 0.2) is 5.76 Å². The van der Waals surface area contributed by atoms with E-state index < -0.39 is 0 Å². The number of benzene rings is 2. The van der Waals surface area contributed by atoms with Gasteiger partial charge in [0.25, 0.3) is 5.91 Å². The standard InChI is InChI=1S/C28H30ClN3O4/c1-35-16-5-14-32(28(34)26-8-4-17-36-26)20-27(33)31(19-21-9-11-23(29)12-10-21)15-13-22-18-30-25-7-3-2-6-24(22)25/h2-4,6-12,17-18,30H,5,13-16,19-20H2,1H3. The van der Waals surface area contributed by atoms with Crippen LogP contribution in [0.4, 0.5) is 0 Å². The van der Waals surface area contributed by atoms with Gasteiger partial charge in [0, 0.05) is 55.5 Å². The number of carbonyl (C=O) groups excluding carboxylic acids is 2. The Morgan fingerprint density at radius 2 is 1.81 bits per heavy atom. The molecule has 0 atom stereocenters. The molecule has 4 rings (SSSR count). The summed E-state index contributed by atoms with van der Waals surface area (Å²) in [5, 5.41) is 1.79. The number of para-hydroxylation sites is 1. The SMILES string of the molecule is COCCCN(CC(=O)N(CCc1c[nH]c2ccccc12)Cc1ccc(Cl)cc1)C(=O)c1ccco1. The fourth-order valence-electron chi connectivity index (χ4n) is 4.17. The van der Waals surface area contributed by atoms with E-state index in [2.05, 4.69) is 11.1 Å². The molecule has 8 heteroatoms. The number of methoxy groups -OCH3 is 1. The molecule has 0 fully saturated rings. The first-order valence-corrected chi connectivity index (χ1v) is 12.3. The van der Waals surface area contributed by atoms with Crippen molar-refractivity contribution in [1.82, 2.24) is 14.8 Å². The summed E-state index contributed by atoms with van der Waals surface area (Å²) in [5.41, 5.74) is 3.18. The summed E-state index contributed by atoms with van der Waals surface area (Å²) in [6, 6.07) is 18.8. The van der Waals surface area contributed by atoms with Gasteiger partial charge in [0.05, 0.1) is 6.26 Å². The third-order valence-electron chi connectivity index (χ3n) is 6.09. The minimum absolute atomic E-state index is 0.0509. The number of rotatable bonds is 12. The van der Waals surface area contributed by atoms with Crippen molar-refractivity contribution in [3.05, 3.63) is 95.0 Å². The van der Waals surface area contributed by atoms with E-state index >= 15 is 0 Å². The molecule has 2 heterocycles. The number of aromatic amines is 1. The van der Waals surface area contributed by atoms with Crippen molar-refractivity contribution in [2.45, 2.75) is 19.4 Å². The summed E-state index contributed by atoms with van der Waals surface area (Å²) < 4.78 is 10.5. The summed E-state index contributed by atoms with van der Waals surface area (Å²) >= 11 is 6.06. The Kier molecular flexibility index (Phi) is 8.81. The third-order valence-corrected chi connectivity index (χ3v) is 6.34. The molecule has 188 valence electrons. The third kappa shape index (κ3) is 6.56. The molecule has 1 N–H and O–H groups in total. The lowest BCUT2D eigenvalue weighted by molar-refractivity contribution is -0.132. The van der Waals surface area contributed by atoms with Crippen LogP contribution in [-0.4, -0.2) is 59.9 Å². The maximum absolute atomic E-state index is 13.6. The fraction of sp³-hybridized carbons (Fsp3) is 0.286. The number of aromatic nitrogens is 1. The molecule has 0 radical (unpaired) electrons. The van der Waals surface area contributed by atoms with Crippen LogP contribution in [0.1, 0.15) is 28.1 Å². The summed E-state index contributed by atoms with van der Waals surface area (Å²) in [6.07, 6.45) is 4.74. The number of amides is 2. The molecule has 0 saturated carbocycles. The predicted octanol–water partition coefficient (Wildman–Crippen LogP) is 5.16. The second kappa shape index (κ2) is 12.4. The van der Waals surface area contributed by atoms with Gasteiger partial charge >= 0.3 is 0 Å². The first-order chi connectivity index (χ1) is 17.5. The van der Waals surface area contributed by atoms with E-state index in [4.69, 9.17) is 20.8 Å². The Morgan fingerprint density at radius 1 is 1.00 bits per heavy atom. The quantitative estimate of drug-likeness (QED) is 0.268. The maximum Gasteiger partial charge on any atom is 0.290 e. The number of furan rings is 1. The summed E-state index contributed by atoms with van der Waals surface area (Å²) in [5.74, 6) is -0.238. The predicted molar refractivity (Wildman–Crippen MR) is 140 cm³/mol. The Labute approximate surface area is 215 Å². The molecule has 36 heavy (non-hydrogen) atoms. The molecule has 0 unspecified atom stereocenters. The number of nitrogens with one attached hydrogen (secondary N) is 1. The van der Waals surface area contributed by atoms with Crippen molar-refractivity contribution < 1.29 is 18.7 Å². The molecular formula is C28H30ClN3O4. The van der Waals surface area contributed by atoms with Crippen LogP contribution in [-0.2, 0) is 22.5 Å². The number of hydrogen-bond acceptors (Lipinski definition) is 4. The largest absolute Gasteiger partial charge is 0.459 e. The molecule has 2 aromatic heterocycles. The molecule has 0 saturated heterocycles. The van der Waals surface area contributed by atoms with Crippen LogP contribution >= 0.6 is 11.6 Å². The Hall–Kier alpha value is -3.55. The number of nitrogens with zero attached hydrogens (tertiary/aromatic N) is 2. The van der Waals surface area contributed by atoms with Gasteiger partial charge in [-0.25, -0.2) is 0 Å². The summed E-state index contributed by atoms with van der Waals surface area (Å²) in [4.78, 5) is 33.3. The summed E-state index contributed by atoms with van der Waals surface area (Å²) in [7, 11) is 1.61. The average molecular weight is 508 g/mol. The van der Waals surface area contributed by atoms with E-state index in [1.165, 1.54) is 11.2 Å². The highest BCUT2D eigenvalue weighted by atomic mass is 35.5. The van der Waals surface area contributed by atoms with Gasteiger partial charge in [0.1, 0.15) is 6.54 Å². The number of halogens is 1. The van der Waals surface area contributed by atoms with Crippen molar-refractivity contribution in [3.63, 3.8) is 0 Å². The maximum atomic E-state index is 13.6. The number of carbonyl (C=O) groups is 2. The molecule has 7 nitrogen and oxygen atoms in total. The van der Waals surface area contributed by atoms with E-state index in [9.17, 15) is 9.59 Å². The van der Waals surface area contributed by atoms with Gasteiger partial charge in [-0.1, -0.05) is 41.9 Å². The van der Waals surface area contributed by atoms with E-state index in [-0.39, 0.29) is 24.1 Å². The van der Waals surface area contributed by atoms with Crippen molar-refractivity contribution in [2.75, 3.05) is 33.4 Å². The monoisotopic (exact) mass is 507 g/mol. The van der Waals surface area contributed by atoms with Crippen LogP contribution in [0.2, 0.25) is 5.02 Å². The zero-order valence-electron chi connectivity index (χ0n) is 20.3. The van der Waals surface area contributed by atoms with Crippen LogP contribution in [0.15, 0.2) is 77.5 Å². The van der Waals surface area contributed by atoms with Crippen LogP contribution in [0.25, 0.3) is 10.9 Å². The number of H-pyrrole nitrogens is 1. The van der Waals surface area contributed by atoms with Gasteiger partial charge in [-0.2, -0.15) is 0 Å². The number of ether oxygens (including phenoxy) is 1. The molecule has 4 aromatic rings. The zero-order chi connectivity index (χ0) is 25.3. The van der Waals surface area contributed by atoms with Gasteiger partial charge in [-0.05, 0) is 54.3 Å². The lowest BCUT2D eigenvalue weighted by atomic mass is 10.1. The molecule has 0 bridgehead atoms. The highest BCUT2D eigenvalue weighted by Crippen LogP contribution is 2.19. The van der Waals surface area contributed by atoms with Crippen LogP contribution in [0.3, 0.4) is 0 Å². The van der Waals surface area contributed by atoms with Crippen molar-refractivity contribution in [3.8, 4) is 0 Å². The lowest BCUT2D eigenvalue weighted by Gasteiger charge is -2.27. The highest BCUT2D eigenvalue weighted by molar-refractivity contribution is 6.30. The van der Waals surface area contributed by atoms with Crippen molar-refractivity contribution >= 4 is 34.3 Å². The van der Waals surface area contributed by atoms with E-state index in [0.717, 1.165) is 22.0 Å². The zero-order valence-corrected chi connectivity index (χ0v) is 21.0. The van der Waals surface area contributed by atoms with Crippen molar-refractivity contribution in [2.24, 2.45) is 0 Å². The molecule has 0 aliphatic carbocycles. The minimum atomic E-state index is -0.312. The molecule has 0 aliphatic heterocycles. The normalized spacial score (nSPS) is 11.1. The molecular weight excluding hydrogens is 478 g/mol. The fourth-order valence-corrected chi connectivity index (χ4v) is 4.29. The molecule has 2 aromatic carbocycles. The Morgan fingerprint density at radius 3 is 2.56 bits per heavy atom. The van der Waals surface area contributed by atoms with Crippen LogP contribution < -0.4 is 0 Å². The summed E-state index contributed by atoms with van der Waals surface area (Å²) in [6.45, 7) is 1.75. The average Bonchev–Trinajstić information content (AvgIpc) is 3.57. The number of hydrogen-bond donors (Lipinski definition) is 1. The molecule has 0 spiro atoms.